The van der Waals surface area contributed by atoms with Crippen LogP contribution in [0.5, 0.6) is 5.75 Å². The number of methoxy groups -OCH3 is 1. The maximum absolute atomic E-state index is 8.84. The van der Waals surface area contributed by atoms with Crippen molar-refractivity contribution in [3.63, 3.8) is 0 Å². The Hall–Kier alpha value is -1.54. The van der Waals surface area contributed by atoms with Crippen molar-refractivity contribution in [1.82, 2.24) is 4.90 Å². The van der Waals surface area contributed by atoms with Crippen LogP contribution in [-0.4, -0.2) is 49.0 Å². The van der Waals surface area contributed by atoms with E-state index in [4.69, 9.17) is 14.6 Å². The number of hydrogen-bond acceptors (Lipinski definition) is 4. The van der Waals surface area contributed by atoms with E-state index in [9.17, 15) is 0 Å². The van der Waals surface area contributed by atoms with Crippen LogP contribution in [0, 0.1) is 11.8 Å². The average molecular weight is 289 g/mol. The Bertz CT molecular complexity index is 523. The number of benzene rings is 1. The highest BCUT2D eigenvalue weighted by Crippen LogP contribution is 2.21. The van der Waals surface area contributed by atoms with Gasteiger partial charge in [0.15, 0.2) is 0 Å². The summed E-state index contributed by atoms with van der Waals surface area (Å²) in [5, 5.41) is 8.84. The second-order valence-electron chi connectivity index (χ2n) is 5.45. The predicted molar refractivity (Wildman–Crippen MR) is 82.2 cm³/mol. The molecule has 1 aromatic rings. The Morgan fingerprint density at radius 1 is 1.33 bits per heavy atom. The first kappa shape index (κ1) is 15.8. The fourth-order valence-electron chi connectivity index (χ4n) is 2.76. The van der Waals surface area contributed by atoms with Crippen LogP contribution < -0.4 is 4.74 Å². The van der Waals surface area contributed by atoms with Crippen LogP contribution in [0.15, 0.2) is 18.2 Å². The van der Waals surface area contributed by atoms with Gasteiger partial charge >= 0.3 is 0 Å². The Labute approximate surface area is 126 Å². The molecule has 1 aliphatic heterocycles. The zero-order chi connectivity index (χ0) is 15.2. The summed E-state index contributed by atoms with van der Waals surface area (Å²) in [7, 11) is 1.63. The molecule has 0 spiro atoms. The third kappa shape index (κ3) is 4.47. The quantitative estimate of drug-likeness (QED) is 0.859. The minimum Gasteiger partial charge on any atom is -0.495 e. The van der Waals surface area contributed by atoms with Crippen LogP contribution in [0.3, 0.4) is 0 Å². The van der Waals surface area contributed by atoms with E-state index in [2.05, 4.69) is 36.7 Å². The zero-order valence-electron chi connectivity index (χ0n) is 12.9. The van der Waals surface area contributed by atoms with E-state index in [-0.39, 0.29) is 18.8 Å². The second kappa shape index (κ2) is 7.46. The number of rotatable bonds is 3. The van der Waals surface area contributed by atoms with Gasteiger partial charge in [-0.15, -0.1) is 0 Å². The first-order chi connectivity index (χ1) is 10.1. The molecule has 114 valence electrons. The van der Waals surface area contributed by atoms with E-state index in [1.807, 2.05) is 12.1 Å². The highest BCUT2D eigenvalue weighted by atomic mass is 16.5. The molecule has 1 saturated heterocycles. The van der Waals surface area contributed by atoms with Crippen molar-refractivity contribution >= 4 is 0 Å². The molecule has 0 bridgehead atoms. The van der Waals surface area contributed by atoms with Gasteiger partial charge in [-0.2, -0.15) is 0 Å². The molecular weight excluding hydrogens is 266 g/mol. The summed E-state index contributed by atoms with van der Waals surface area (Å²) in [6, 6.07) is 6.03. The zero-order valence-corrected chi connectivity index (χ0v) is 12.9. The summed E-state index contributed by atoms with van der Waals surface area (Å²) in [6.07, 6.45) is 0.529. The van der Waals surface area contributed by atoms with Gasteiger partial charge in [-0.05, 0) is 31.5 Å². The molecule has 1 fully saturated rings. The molecular formula is C17H23NO3. The van der Waals surface area contributed by atoms with E-state index in [0.29, 0.717) is 0 Å². The van der Waals surface area contributed by atoms with Crippen LogP contribution >= 0.6 is 0 Å². The summed E-state index contributed by atoms with van der Waals surface area (Å²) in [6.45, 7) is 6.81. The Kier molecular flexibility index (Phi) is 5.63. The van der Waals surface area contributed by atoms with Crippen molar-refractivity contribution < 1.29 is 14.6 Å². The summed E-state index contributed by atoms with van der Waals surface area (Å²) in [5.74, 6) is 6.36. The number of aliphatic hydroxyl groups excluding tert-OH is 1. The molecule has 1 heterocycles. The van der Waals surface area contributed by atoms with Crippen LogP contribution in [0.1, 0.15) is 25.0 Å². The van der Waals surface area contributed by atoms with Crippen molar-refractivity contribution in [1.29, 1.82) is 0 Å². The summed E-state index contributed by atoms with van der Waals surface area (Å²) >= 11 is 0. The summed E-state index contributed by atoms with van der Waals surface area (Å²) in [4.78, 5) is 2.39. The SMILES string of the molecule is COc1ccc(CN2CC(C)OC(C)C2)cc1C#CCO. The van der Waals surface area contributed by atoms with Crippen LogP contribution in [-0.2, 0) is 11.3 Å². The fourth-order valence-corrected chi connectivity index (χ4v) is 2.76. The molecule has 0 radical (unpaired) electrons. The maximum atomic E-state index is 8.84. The Morgan fingerprint density at radius 2 is 2.05 bits per heavy atom. The van der Waals surface area contributed by atoms with Gasteiger partial charge in [-0.3, -0.25) is 4.90 Å². The first-order valence-corrected chi connectivity index (χ1v) is 7.27. The third-order valence-corrected chi connectivity index (χ3v) is 3.47. The van der Waals surface area contributed by atoms with Crippen LogP contribution in [0.25, 0.3) is 0 Å². The van der Waals surface area contributed by atoms with Crippen molar-refractivity contribution in [3.8, 4) is 17.6 Å². The summed E-state index contributed by atoms with van der Waals surface area (Å²) in [5.41, 5.74) is 2.01. The van der Waals surface area contributed by atoms with E-state index in [1.54, 1.807) is 7.11 Å². The number of morpholine rings is 1. The molecule has 2 rings (SSSR count). The highest BCUT2D eigenvalue weighted by Gasteiger charge is 2.22. The molecule has 1 aliphatic rings. The molecule has 21 heavy (non-hydrogen) atoms. The minimum absolute atomic E-state index is 0.147. The topological polar surface area (TPSA) is 41.9 Å². The standard InChI is InChI=1S/C17H23NO3/c1-13-10-18(11-14(2)21-13)12-15-6-7-17(20-3)16(9-15)5-4-8-19/h6-7,9,13-14,19H,8,10-12H2,1-3H3. The van der Waals surface area contributed by atoms with E-state index < -0.39 is 0 Å². The first-order valence-electron chi connectivity index (χ1n) is 7.27. The molecule has 0 amide bonds. The number of ether oxygens (including phenoxy) is 2. The smallest absolute Gasteiger partial charge is 0.134 e. The third-order valence-electron chi connectivity index (χ3n) is 3.47. The largest absolute Gasteiger partial charge is 0.495 e. The van der Waals surface area contributed by atoms with Gasteiger partial charge in [0.1, 0.15) is 12.4 Å². The minimum atomic E-state index is -0.147. The van der Waals surface area contributed by atoms with Gasteiger partial charge < -0.3 is 14.6 Å². The van der Waals surface area contributed by atoms with Crippen LogP contribution in [0.4, 0.5) is 0 Å². The number of aliphatic hydroxyl groups is 1. The molecule has 0 aliphatic carbocycles. The molecule has 0 saturated carbocycles. The normalized spacial score (nSPS) is 22.5. The van der Waals surface area contributed by atoms with Crippen molar-refractivity contribution in [2.24, 2.45) is 0 Å². The number of hydrogen-bond donors (Lipinski definition) is 1. The van der Waals surface area contributed by atoms with Gasteiger partial charge in [0.25, 0.3) is 0 Å². The lowest BCUT2D eigenvalue weighted by Crippen LogP contribution is -2.44. The lowest BCUT2D eigenvalue weighted by molar-refractivity contribution is -0.0704. The monoisotopic (exact) mass is 289 g/mol. The predicted octanol–water partition coefficient (Wildman–Crippen LogP) is 1.65. The molecule has 4 nitrogen and oxygen atoms in total. The highest BCUT2D eigenvalue weighted by molar-refractivity contribution is 5.48. The van der Waals surface area contributed by atoms with E-state index in [0.717, 1.165) is 30.9 Å². The molecule has 0 aromatic heterocycles. The summed E-state index contributed by atoms with van der Waals surface area (Å²) < 4.78 is 11.1. The van der Waals surface area contributed by atoms with Crippen molar-refractivity contribution in [2.45, 2.75) is 32.6 Å². The van der Waals surface area contributed by atoms with Crippen LogP contribution in [0.2, 0.25) is 0 Å². The van der Waals surface area contributed by atoms with Crippen molar-refractivity contribution in [2.75, 3.05) is 26.8 Å². The van der Waals surface area contributed by atoms with E-state index >= 15 is 0 Å². The number of nitrogens with zero attached hydrogens (tertiary/aromatic N) is 1. The molecule has 2 unspecified atom stereocenters. The fraction of sp³-hybridized carbons (Fsp3) is 0.529. The second-order valence-corrected chi connectivity index (χ2v) is 5.45. The van der Waals surface area contributed by atoms with E-state index in [1.165, 1.54) is 5.56 Å². The Balaban J connectivity index is 2.13. The molecule has 2 atom stereocenters. The van der Waals surface area contributed by atoms with Gasteiger partial charge in [-0.25, -0.2) is 0 Å². The van der Waals surface area contributed by atoms with Gasteiger partial charge in [0.2, 0.25) is 0 Å². The molecule has 4 heteroatoms. The van der Waals surface area contributed by atoms with Gasteiger partial charge in [0, 0.05) is 19.6 Å². The maximum Gasteiger partial charge on any atom is 0.134 e. The Morgan fingerprint density at radius 3 is 2.67 bits per heavy atom. The van der Waals surface area contributed by atoms with Crippen molar-refractivity contribution in [3.05, 3.63) is 29.3 Å². The lowest BCUT2D eigenvalue weighted by Gasteiger charge is -2.35. The lowest BCUT2D eigenvalue weighted by atomic mass is 10.1. The molecule has 1 N–H and O–H groups in total. The van der Waals surface area contributed by atoms with Gasteiger partial charge in [-0.1, -0.05) is 17.9 Å². The molecule has 1 aromatic carbocycles. The van der Waals surface area contributed by atoms with Gasteiger partial charge in [0.05, 0.1) is 24.9 Å². The average Bonchev–Trinajstić information content (AvgIpc) is 2.44.